The minimum Gasteiger partial charge on any atom is -0.357 e. The van der Waals surface area contributed by atoms with Crippen LogP contribution in [0, 0.1) is 11.8 Å². The highest BCUT2D eigenvalue weighted by molar-refractivity contribution is 14.0. The first-order valence-electron chi connectivity index (χ1n) is 8.11. The molecule has 0 aromatic rings. The lowest BCUT2D eigenvalue weighted by Gasteiger charge is -2.22. The molecule has 22 heavy (non-hydrogen) atoms. The SMILES string of the molecule is CCNC(=NCCS(=O)(=O)CC)N1CCC(CC(C)C)C1.I. The molecule has 5 nitrogen and oxygen atoms in total. The highest BCUT2D eigenvalue weighted by atomic mass is 127. The van der Waals surface area contributed by atoms with E-state index in [1.54, 1.807) is 6.92 Å². The number of sulfone groups is 1. The van der Waals surface area contributed by atoms with Gasteiger partial charge in [0.2, 0.25) is 0 Å². The van der Waals surface area contributed by atoms with Crippen molar-refractivity contribution in [3.63, 3.8) is 0 Å². The third-order valence-corrected chi connectivity index (χ3v) is 5.51. The van der Waals surface area contributed by atoms with Crippen LogP contribution in [0.3, 0.4) is 0 Å². The predicted molar refractivity (Wildman–Crippen MR) is 105 cm³/mol. The number of nitrogens with one attached hydrogen (secondary N) is 1. The lowest BCUT2D eigenvalue weighted by molar-refractivity contribution is 0.404. The molecule has 1 fully saturated rings. The predicted octanol–water partition coefficient (Wildman–Crippen LogP) is 2.37. The largest absolute Gasteiger partial charge is 0.357 e. The van der Waals surface area contributed by atoms with Crippen LogP contribution in [0.4, 0.5) is 0 Å². The van der Waals surface area contributed by atoms with E-state index in [9.17, 15) is 8.42 Å². The van der Waals surface area contributed by atoms with Crippen LogP contribution in [0.15, 0.2) is 4.99 Å². The average Bonchev–Trinajstić information content (AvgIpc) is 2.85. The molecule has 1 heterocycles. The molecular weight excluding hydrogens is 413 g/mol. The summed E-state index contributed by atoms with van der Waals surface area (Å²) >= 11 is 0. The second-order valence-corrected chi connectivity index (χ2v) is 8.68. The van der Waals surface area contributed by atoms with Gasteiger partial charge in [-0.3, -0.25) is 4.99 Å². The maximum absolute atomic E-state index is 11.5. The fourth-order valence-electron chi connectivity index (χ4n) is 2.74. The van der Waals surface area contributed by atoms with Crippen LogP contribution in [-0.2, 0) is 9.84 Å². The fourth-order valence-corrected chi connectivity index (χ4v) is 3.40. The smallest absolute Gasteiger partial charge is 0.193 e. The van der Waals surface area contributed by atoms with Crippen LogP contribution < -0.4 is 5.32 Å². The van der Waals surface area contributed by atoms with Crippen LogP contribution in [-0.4, -0.2) is 57.0 Å². The van der Waals surface area contributed by atoms with Crippen molar-refractivity contribution >= 4 is 39.8 Å². The number of likely N-dealkylation sites (tertiary alicyclic amines) is 1. The zero-order valence-electron chi connectivity index (χ0n) is 14.3. The molecule has 1 rings (SSSR count). The third-order valence-electron chi connectivity index (χ3n) is 3.83. The summed E-state index contributed by atoms with van der Waals surface area (Å²) in [4.78, 5) is 6.77. The standard InChI is InChI=1S/C15H31N3O2S.HI/c1-5-16-15(17-8-10-21(19,20)6-2)18-9-7-14(12-18)11-13(3)4;/h13-14H,5-12H2,1-4H3,(H,16,17);1H. The van der Waals surface area contributed by atoms with Gasteiger partial charge in [0.15, 0.2) is 15.8 Å². The minimum absolute atomic E-state index is 0. The van der Waals surface area contributed by atoms with Crippen molar-refractivity contribution in [3.8, 4) is 0 Å². The van der Waals surface area contributed by atoms with Crippen molar-refractivity contribution in [2.45, 2.75) is 40.5 Å². The van der Waals surface area contributed by atoms with Crippen LogP contribution in [0.1, 0.15) is 40.5 Å². The molecule has 1 aliphatic rings. The molecule has 132 valence electrons. The fraction of sp³-hybridized carbons (Fsp3) is 0.933. The van der Waals surface area contributed by atoms with E-state index in [-0.39, 0.29) is 35.5 Å². The van der Waals surface area contributed by atoms with Gasteiger partial charge in [-0.2, -0.15) is 0 Å². The van der Waals surface area contributed by atoms with Gasteiger partial charge >= 0.3 is 0 Å². The van der Waals surface area contributed by atoms with Gasteiger partial charge in [0.1, 0.15) is 0 Å². The quantitative estimate of drug-likeness (QED) is 0.372. The molecule has 0 aromatic carbocycles. The van der Waals surface area contributed by atoms with Crippen LogP contribution >= 0.6 is 24.0 Å². The molecule has 1 aliphatic heterocycles. The van der Waals surface area contributed by atoms with Crippen molar-refractivity contribution in [2.24, 2.45) is 16.8 Å². The van der Waals surface area contributed by atoms with E-state index in [2.05, 4.69) is 29.1 Å². The van der Waals surface area contributed by atoms with Gasteiger partial charge in [0.25, 0.3) is 0 Å². The minimum atomic E-state index is -2.93. The third kappa shape index (κ3) is 7.99. The van der Waals surface area contributed by atoms with E-state index in [1.165, 1.54) is 12.8 Å². The van der Waals surface area contributed by atoms with E-state index in [1.807, 2.05) is 6.92 Å². The Bertz CT molecular complexity index is 438. The Morgan fingerprint density at radius 2 is 2.05 bits per heavy atom. The molecule has 1 unspecified atom stereocenters. The highest BCUT2D eigenvalue weighted by Gasteiger charge is 2.25. The zero-order chi connectivity index (χ0) is 15.9. The van der Waals surface area contributed by atoms with Crippen LogP contribution in [0.2, 0.25) is 0 Å². The van der Waals surface area contributed by atoms with E-state index in [0.29, 0.717) is 6.54 Å². The van der Waals surface area contributed by atoms with Crippen LogP contribution in [0.25, 0.3) is 0 Å². The molecule has 0 amide bonds. The summed E-state index contributed by atoms with van der Waals surface area (Å²) in [6, 6.07) is 0. The Morgan fingerprint density at radius 1 is 1.36 bits per heavy atom. The van der Waals surface area contributed by atoms with Crippen molar-refractivity contribution in [2.75, 3.05) is 37.7 Å². The number of guanidine groups is 1. The van der Waals surface area contributed by atoms with Gasteiger partial charge in [0.05, 0.1) is 12.3 Å². The van der Waals surface area contributed by atoms with Crippen molar-refractivity contribution < 1.29 is 8.42 Å². The van der Waals surface area contributed by atoms with Gasteiger partial charge in [0, 0.05) is 25.4 Å². The summed E-state index contributed by atoms with van der Waals surface area (Å²) in [6.07, 6.45) is 2.45. The summed E-state index contributed by atoms with van der Waals surface area (Å²) in [5, 5.41) is 3.28. The first kappa shape index (κ1) is 21.9. The second-order valence-electron chi connectivity index (χ2n) is 6.20. The summed E-state index contributed by atoms with van der Waals surface area (Å²) in [5.74, 6) is 2.66. The Hall–Kier alpha value is -0.0500. The molecule has 0 radical (unpaired) electrons. The van der Waals surface area contributed by atoms with E-state index in [0.717, 1.165) is 37.4 Å². The van der Waals surface area contributed by atoms with E-state index >= 15 is 0 Å². The van der Waals surface area contributed by atoms with E-state index < -0.39 is 9.84 Å². The molecule has 0 aliphatic carbocycles. The lowest BCUT2D eigenvalue weighted by Crippen LogP contribution is -2.40. The maximum Gasteiger partial charge on any atom is 0.193 e. The number of halogens is 1. The number of aliphatic imine (C=N–C) groups is 1. The molecule has 1 saturated heterocycles. The molecule has 0 bridgehead atoms. The van der Waals surface area contributed by atoms with Gasteiger partial charge in [-0.1, -0.05) is 20.8 Å². The molecule has 0 spiro atoms. The Labute approximate surface area is 153 Å². The number of rotatable bonds is 7. The Balaban J connectivity index is 0.00000441. The monoisotopic (exact) mass is 445 g/mol. The molecule has 0 saturated carbocycles. The van der Waals surface area contributed by atoms with E-state index in [4.69, 9.17) is 0 Å². The Kier molecular flexibility index (Phi) is 10.6. The topological polar surface area (TPSA) is 61.8 Å². The Morgan fingerprint density at radius 3 is 2.59 bits per heavy atom. The normalized spacial score (nSPS) is 19.4. The number of nitrogens with zero attached hydrogens (tertiary/aromatic N) is 2. The van der Waals surface area contributed by atoms with Gasteiger partial charge in [-0.25, -0.2) is 8.42 Å². The molecule has 1 atom stereocenters. The summed E-state index contributed by atoms with van der Waals surface area (Å²) in [7, 11) is -2.93. The number of hydrogen-bond donors (Lipinski definition) is 1. The van der Waals surface area contributed by atoms with Gasteiger partial charge in [-0.15, -0.1) is 24.0 Å². The average molecular weight is 445 g/mol. The van der Waals surface area contributed by atoms with Gasteiger partial charge < -0.3 is 10.2 Å². The summed E-state index contributed by atoms with van der Waals surface area (Å²) in [6.45, 7) is 11.5. The summed E-state index contributed by atoms with van der Waals surface area (Å²) in [5.41, 5.74) is 0. The molecule has 0 aromatic heterocycles. The molecular formula is C15H32IN3O2S. The maximum atomic E-state index is 11.5. The molecule has 1 N–H and O–H groups in total. The van der Waals surface area contributed by atoms with Crippen molar-refractivity contribution in [1.82, 2.24) is 10.2 Å². The van der Waals surface area contributed by atoms with Gasteiger partial charge in [-0.05, 0) is 31.6 Å². The lowest BCUT2D eigenvalue weighted by atomic mass is 9.97. The van der Waals surface area contributed by atoms with Crippen LogP contribution in [0.5, 0.6) is 0 Å². The zero-order valence-corrected chi connectivity index (χ0v) is 17.5. The summed E-state index contributed by atoms with van der Waals surface area (Å²) < 4.78 is 23.1. The highest BCUT2D eigenvalue weighted by Crippen LogP contribution is 2.23. The van der Waals surface area contributed by atoms with Crippen molar-refractivity contribution in [3.05, 3.63) is 0 Å². The second kappa shape index (κ2) is 10.7. The first-order chi connectivity index (χ1) is 9.88. The van der Waals surface area contributed by atoms with Crippen molar-refractivity contribution in [1.29, 1.82) is 0 Å². The molecule has 7 heteroatoms. The first-order valence-corrected chi connectivity index (χ1v) is 9.93. The number of hydrogen-bond acceptors (Lipinski definition) is 3.